The second-order valence-electron chi connectivity index (χ2n) is 4.15. The van der Waals surface area contributed by atoms with Crippen molar-refractivity contribution < 1.29 is 14.2 Å². The van der Waals surface area contributed by atoms with Crippen molar-refractivity contribution in [3.8, 4) is 17.2 Å². The Kier molecular flexibility index (Phi) is 3.12. The van der Waals surface area contributed by atoms with Crippen molar-refractivity contribution in [1.29, 1.82) is 0 Å². The maximum absolute atomic E-state index is 13.0. The van der Waals surface area contributed by atoms with Gasteiger partial charge in [0, 0.05) is 11.6 Å². The number of halogens is 1. The van der Waals surface area contributed by atoms with Gasteiger partial charge in [-0.3, -0.25) is 0 Å². The van der Waals surface area contributed by atoms with Gasteiger partial charge in [0.15, 0.2) is 11.5 Å². The molecule has 0 aliphatic carbocycles. The molecule has 5 nitrogen and oxygen atoms in total. The molecule has 0 amide bonds. The van der Waals surface area contributed by atoms with E-state index in [4.69, 9.17) is 4.74 Å². The van der Waals surface area contributed by atoms with E-state index in [1.54, 1.807) is 12.1 Å². The molecule has 0 aromatic heterocycles. The number of phenolic OH excluding ortho intramolecular Hbond substituents is 1. The number of rotatable bonds is 3. The molecule has 2 aromatic rings. The minimum atomic E-state index is -0.527. The number of aromatic hydroxyl groups is 1. The second-order valence-corrected chi connectivity index (χ2v) is 4.15. The van der Waals surface area contributed by atoms with Gasteiger partial charge in [-0.1, -0.05) is 12.1 Å². The summed E-state index contributed by atoms with van der Waals surface area (Å²) in [5, 5.41) is 21.0. The fourth-order valence-electron chi connectivity index (χ4n) is 1.84. The van der Waals surface area contributed by atoms with Crippen LogP contribution in [0.4, 0.5) is 4.39 Å². The second kappa shape index (κ2) is 5.08. The maximum atomic E-state index is 13.0. The fraction of sp³-hybridized carbons (Fsp3) is 0.0714. The highest BCUT2D eigenvalue weighted by Crippen LogP contribution is 2.33. The van der Waals surface area contributed by atoms with E-state index in [2.05, 4.69) is 15.4 Å². The Morgan fingerprint density at radius 1 is 1.10 bits per heavy atom. The monoisotopic (exact) mass is 271 g/mol. The lowest BCUT2D eigenvalue weighted by Crippen LogP contribution is -2.03. The number of hydrogen-bond acceptors (Lipinski definition) is 5. The summed E-state index contributed by atoms with van der Waals surface area (Å²) < 4.78 is 18.6. The molecule has 0 unspecified atom stereocenters. The van der Waals surface area contributed by atoms with Crippen molar-refractivity contribution in [2.75, 3.05) is 6.54 Å². The van der Waals surface area contributed by atoms with Gasteiger partial charge in [0.2, 0.25) is 0 Å². The summed E-state index contributed by atoms with van der Waals surface area (Å²) in [6.45, 7) is 0.385. The number of nitrogens with zero attached hydrogens (tertiary/aromatic N) is 3. The summed E-state index contributed by atoms with van der Waals surface area (Å²) in [5.41, 5.74) is 1.42. The number of para-hydroxylation sites is 1. The predicted octanol–water partition coefficient (Wildman–Crippen LogP) is 3.49. The SMILES string of the molecule is Oc1cc(F)ccc1Oc1ccccc1C1=NN=NC1. The molecule has 0 radical (unpaired) electrons. The zero-order valence-electron chi connectivity index (χ0n) is 10.3. The highest BCUT2D eigenvalue weighted by Gasteiger charge is 2.15. The molecule has 0 bridgehead atoms. The third-order valence-electron chi connectivity index (χ3n) is 2.79. The molecule has 1 aliphatic rings. The normalized spacial score (nSPS) is 13.3. The van der Waals surface area contributed by atoms with Gasteiger partial charge in [-0.15, -0.1) is 5.10 Å². The molecular formula is C14H10FN3O2. The lowest BCUT2D eigenvalue weighted by Gasteiger charge is -2.11. The van der Waals surface area contributed by atoms with Gasteiger partial charge in [0.25, 0.3) is 0 Å². The van der Waals surface area contributed by atoms with Crippen LogP contribution >= 0.6 is 0 Å². The first-order valence-electron chi connectivity index (χ1n) is 5.93. The summed E-state index contributed by atoms with van der Waals surface area (Å²) in [5.74, 6) is -0.116. The standard InChI is InChI=1S/C14H10FN3O2/c15-9-5-6-14(12(19)7-9)20-13-4-2-1-3-10(13)11-8-16-18-17-11/h1-7,19H,8H2. The molecular weight excluding hydrogens is 261 g/mol. The molecule has 3 rings (SSSR count). The van der Waals surface area contributed by atoms with Crippen molar-refractivity contribution >= 4 is 5.71 Å². The molecule has 6 heteroatoms. The van der Waals surface area contributed by atoms with E-state index in [0.29, 0.717) is 18.0 Å². The Bertz CT molecular complexity index is 713. The van der Waals surface area contributed by atoms with Crippen LogP contribution in [0.3, 0.4) is 0 Å². The van der Waals surface area contributed by atoms with Crippen LogP contribution in [0, 0.1) is 5.82 Å². The minimum absolute atomic E-state index is 0.173. The molecule has 1 heterocycles. The topological polar surface area (TPSA) is 66.5 Å². The lowest BCUT2D eigenvalue weighted by molar-refractivity contribution is 0.407. The van der Waals surface area contributed by atoms with Gasteiger partial charge in [-0.2, -0.15) is 5.11 Å². The highest BCUT2D eigenvalue weighted by atomic mass is 19.1. The number of benzene rings is 2. The number of ether oxygens (including phenoxy) is 1. The summed E-state index contributed by atoms with van der Waals surface area (Å²) in [6, 6.07) is 10.8. The Labute approximate surface area is 114 Å². The van der Waals surface area contributed by atoms with E-state index in [-0.39, 0.29) is 11.5 Å². The molecule has 20 heavy (non-hydrogen) atoms. The van der Waals surface area contributed by atoms with E-state index in [9.17, 15) is 9.50 Å². The van der Waals surface area contributed by atoms with Crippen molar-refractivity contribution in [2.24, 2.45) is 15.4 Å². The summed E-state index contributed by atoms with van der Waals surface area (Å²) >= 11 is 0. The third-order valence-corrected chi connectivity index (χ3v) is 2.79. The smallest absolute Gasteiger partial charge is 0.169 e. The number of phenols is 1. The van der Waals surface area contributed by atoms with Crippen LogP contribution in [-0.2, 0) is 0 Å². The molecule has 1 N–H and O–H groups in total. The van der Waals surface area contributed by atoms with Crippen molar-refractivity contribution in [2.45, 2.75) is 0 Å². The van der Waals surface area contributed by atoms with Crippen LogP contribution in [0.5, 0.6) is 17.2 Å². The van der Waals surface area contributed by atoms with Gasteiger partial charge in [0.05, 0.1) is 5.71 Å². The Morgan fingerprint density at radius 2 is 1.95 bits per heavy atom. The van der Waals surface area contributed by atoms with Crippen molar-refractivity contribution in [3.63, 3.8) is 0 Å². The molecule has 0 spiro atoms. The van der Waals surface area contributed by atoms with Crippen LogP contribution in [0.1, 0.15) is 5.56 Å². The maximum Gasteiger partial charge on any atom is 0.169 e. The van der Waals surface area contributed by atoms with Crippen LogP contribution < -0.4 is 4.74 Å². The third kappa shape index (κ3) is 2.35. The molecule has 2 aromatic carbocycles. The van der Waals surface area contributed by atoms with Gasteiger partial charge in [0.1, 0.15) is 18.1 Å². The number of hydrogen-bond donors (Lipinski definition) is 1. The molecule has 0 saturated heterocycles. The summed E-state index contributed by atoms with van der Waals surface area (Å²) in [6.07, 6.45) is 0. The fourth-order valence-corrected chi connectivity index (χ4v) is 1.84. The predicted molar refractivity (Wildman–Crippen MR) is 70.8 cm³/mol. The zero-order valence-corrected chi connectivity index (χ0v) is 10.3. The van der Waals surface area contributed by atoms with Crippen LogP contribution in [0.25, 0.3) is 0 Å². The van der Waals surface area contributed by atoms with Crippen LogP contribution in [0.2, 0.25) is 0 Å². The Hall–Kier alpha value is -2.76. The average Bonchev–Trinajstić information content (AvgIpc) is 2.96. The van der Waals surface area contributed by atoms with Crippen molar-refractivity contribution in [1.82, 2.24) is 0 Å². The molecule has 1 aliphatic heterocycles. The molecule has 0 fully saturated rings. The zero-order chi connectivity index (χ0) is 13.9. The van der Waals surface area contributed by atoms with E-state index < -0.39 is 5.82 Å². The average molecular weight is 271 g/mol. The lowest BCUT2D eigenvalue weighted by atomic mass is 10.1. The Balaban J connectivity index is 1.95. The van der Waals surface area contributed by atoms with Crippen LogP contribution in [0.15, 0.2) is 57.9 Å². The van der Waals surface area contributed by atoms with Crippen molar-refractivity contribution in [3.05, 3.63) is 53.8 Å². The minimum Gasteiger partial charge on any atom is -0.504 e. The van der Waals surface area contributed by atoms with E-state index in [1.807, 2.05) is 12.1 Å². The van der Waals surface area contributed by atoms with E-state index in [1.165, 1.54) is 12.1 Å². The molecule has 0 saturated carbocycles. The highest BCUT2D eigenvalue weighted by molar-refractivity contribution is 6.04. The molecule has 100 valence electrons. The van der Waals surface area contributed by atoms with Gasteiger partial charge in [-0.25, -0.2) is 4.39 Å². The largest absolute Gasteiger partial charge is 0.504 e. The first-order chi connectivity index (χ1) is 9.74. The Morgan fingerprint density at radius 3 is 2.70 bits per heavy atom. The first-order valence-corrected chi connectivity index (χ1v) is 5.93. The summed E-state index contributed by atoms with van der Waals surface area (Å²) in [7, 11) is 0. The van der Waals surface area contributed by atoms with E-state index >= 15 is 0 Å². The summed E-state index contributed by atoms with van der Waals surface area (Å²) in [4.78, 5) is 0. The molecule has 0 atom stereocenters. The van der Waals surface area contributed by atoms with Crippen LogP contribution in [-0.4, -0.2) is 17.4 Å². The van der Waals surface area contributed by atoms with Gasteiger partial charge >= 0.3 is 0 Å². The van der Waals surface area contributed by atoms with Gasteiger partial charge < -0.3 is 9.84 Å². The first kappa shape index (κ1) is 12.3. The van der Waals surface area contributed by atoms with E-state index in [0.717, 1.165) is 11.6 Å². The quantitative estimate of drug-likeness (QED) is 0.928. The van der Waals surface area contributed by atoms with Gasteiger partial charge in [-0.05, 0) is 29.5 Å².